The molecular formula is C22H19IN2O8S. The second-order valence-electron chi connectivity index (χ2n) is 6.82. The maximum absolute atomic E-state index is 12.9. The zero-order valence-electron chi connectivity index (χ0n) is 18.1. The lowest BCUT2D eigenvalue weighted by Gasteiger charge is -2.14. The third-order valence-electron chi connectivity index (χ3n) is 4.55. The molecule has 0 saturated carbocycles. The Kier molecular flexibility index (Phi) is 8.50. The van der Waals surface area contributed by atoms with Crippen molar-refractivity contribution >= 4 is 63.2 Å². The Balaban J connectivity index is 1.81. The molecule has 0 aliphatic carbocycles. The summed E-state index contributed by atoms with van der Waals surface area (Å²) in [4.78, 5) is 48.4. The minimum absolute atomic E-state index is 0.00202. The average molecular weight is 598 g/mol. The Morgan fingerprint density at radius 2 is 1.91 bits per heavy atom. The van der Waals surface area contributed by atoms with Crippen LogP contribution in [0.1, 0.15) is 18.1 Å². The van der Waals surface area contributed by atoms with E-state index >= 15 is 0 Å². The highest BCUT2D eigenvalue weighted by Gasteiger charge is 2.35. The summed E-state index contributed by atoms with van der Waals surface area (Å²) in [5.74, 6) is -0.248. The van der Waals surface area contributed by atoms with Crippen LogP contribution in [0.15, 0.2) is 41.3 Å². The number of benzene rings is 2. The Labute approximate surface area is 212 Å². The van der Waals surface area contributed by atoms with E-state index in [1.165, 1.54) is 31.4 Å². The molecule has 0 N–H and O–H groups in total. The molecule has 0 atom stereocenters. The highest BCUT2D eigenvalue weighted by Crippen LogP contribution is 2.38. The number of imide groups is 1. The smallest absolute Gasteiger partial charge is 0.343 e. The summed E-state index contributed by atoms with van der Waals surface area (Å²) in [5, 5.41) is 10.4. The molecule has 1 aliphatic heterocycles. The molecule has 1 saturated heterocycles. The van der Waals surface area contributed by atoms with E-state index in [0.717, 1.165) is 16.7 Å². The average Bonchev–Trinajstić information content (AvgIpc) is 3.06. The van der Waals surface area contributed by atoms with Gasteiger partial charge in [-0.05, 0) is 70.6 Å². The van der Waals surface area contributed by atoms with Gasteiger partial charge in [0.2, 0.25) is 0 Å². The highest BCUT2D eigenvalue weighted by molar-refractivity contribution is 14.1. The van der Waals surface area contributed by atoms with Crippen molar-refractivity contribution in [2.24, 2.45) is 0 Å². The van der Waals surface area contributed by atoms with Gasteiger partial charge in [0.1, 0.15) is 0 Å². The molecular weight excluding hydrogens is 579 g/mol. The van der Waals surface area contributed by atoms with E-state index in [0.29, 0.717) is 32.8 Å². The van der Waals surface area contributed by atoms with Crippen molar-refractivity contribution in [2.75, 3.05) is 20.3 Å². The molecule has 10 nitrogen and oxygen atoms in total. The van der Waals surface area contributed by atoms with E-state index in [1.807, 2.05) is 22.6 Å². The van der Waals surface area contributed by atoms with Gasteiger partial charge in [-0.25, -0.2) is 4.79 Å². The topological polar surface area (TPSA) is 125 Å². The molecule has 1 heterocycles. The summed E-state index contributed by atoms with van der Waals surface area (Å²) < 4.78 is 16.4. The minimum atomic E-state index is -0.538. The van der Waals surface area contributed by atoms with Gasteiger partial charge in [0, 0.05) is 12.1 Å². The molecule has 2 aromatic carbocycles. The van der Waals surface area contributed by atoms with Crippen molar-refractivity contribution in [2.45, 2.75) is 13.5 Å². The van der Waals surface area contributed by atoms with Gasteiger partial charge >= 0.3 is 5.97 Å². The molecule has 0 unspecified atom stereocenters. The van der Waals surface area contributed by atoms with E-state index in [1.54, 1.807) is 25.1 Å². The summed E-state index contributed by atoms with van der Waals surface area (Å²) in [5.41, 5.74) is 1.13. The molecule has 0 aromatic heterocycles. The van der Waals surface area contributed by atoms with Crippen LogP contribution < -0.4 is 9.47 Å². The molecule has 0 radical (unpaired) electrons. The van der Waals surface area contributed by atoms with Crippen LogP contribution in [-0.2, 0) is 20.9 Å². The summed E-state index contributed by atoms with van der Waals surface area (Å²) in [6.45, 7) is 1.86. The Morgan fingerprint density at radius 3 is 2.53 bits per heavy atom. The van der Waals surface area contributed by atoms with Gasteiger partial charge in [0.15, 0.2) is 18.1 Å². The van der Waals surface area contributed by atoms with Gasteiger partial charge in [-0.15, -0.1) is 0 Å². The van der Waals surface area contributed by atoms with Gasteiger partial charge in [-0.2, -0.15) is 0 Å². The number of amides is 2. The number of esters is 1. The Hall–Kier alpha value is -3.13. The maximum Gasteiger partial charge on any atom is 0.343 e. The number of nitrogens with zero attached hydrogens (tertiary/aromatic N) is 2. The van der Waals surface area contributed by atoms with Gasteiger partial charge < -0.3 is 14.2 Å². The number of carbonyl (C=O) groups is 3. The fourth-order valence-corrected chi connectivity index (χ4v) is 4.58. The zero-order valence-corrected chi connectivity index (χ0v) is 21.1. The molecule has 34 heavy (non-hydrogen) atoms. The SMILES string of the molecule is CCOc1cc(/C=C2\SC(=O)N(Cc3ccc([N+](=O)[O-])cc3)C2=O)cc(I)c1OCC(=O)OC. The second kappa shape index (κ2) is 11.3. The molecule has 2 aromatic rings. The van der Waals surface area contributed by atoms with E-state index in [9.17, 15) is 24.5 Å². The number of halogens is 1. The lowest BCUT2D eigenvalue weighted by molar-refractivity contribution is -0.384. The first kappa shape index (κ1) is 25.5. The largest absolute Gasteiger partial charge is 0.490 e. The van der Waals surface area contributed by atoms with Crippen LogP contribution in [0.2, 0.25) is 0 Å². The van der Waals surface area contributed by atoms with Crippen molar-refractivity contribution in [3.05, 3.63) is 66.1 Å². The number of hydrogen-bond acceptors (Lipinski definition) is 9. The quantitative estimate of drug-likeness (QED) is 0.136. The number of nitro benzene ring substituents is 1. The van der Waals surface area contributed by atoms with Crippen LogP contribution in [-0.4, -0.2) is 47.3 Å². The van der Waals surface area contributed by atoms with Gasteiger partial charge in [-0.1, -0.05) is 12.1 Å². The van der Waals surface area contributed by atoms with Gasteiger partial charge in [0.05, 0.1) is 33.7 Å². The molecule has 2 amide bonds. The molecule has 3 rings (SSSR count). The van der Waals surface area contributed by atoms with E-state index < -0.39 is 22.0 Å². The highest BCUT2D eigenvalue weighted by atomic mass is 127. The zero-order chi connectivity index (χ0) is 24.8. The maximum atomic E-state index is 12.9. The first-order chi connectivity index (χ1) is 16.2. The number of nitro groups is 1. The van der Waals surface area contributed by atoms with Crippen LogP contribution in [0.3, 0.4) is 0 Å². The number of hydrogen-bond donors (Lipinski definition) is 0. The molecule has 178 valence electrons. The fourth-order valence-electron chi connectivity index (χ4n) is 2.96. The number of ether oxygens (including phenoxy) is 3. The number of thioether (sulfide) groups is 1. The third kappa shape index (κ3) is 6.05. The van der Waals surface area contributed by atoms with Crippen molar-refractivity contribution < 1.29 is 33.5 Å². The standard InChI is InChI=1S/C22H19IN2O8S/c1-3-32-17-9-14(8-16(23)20(17)33-12-19(26)31-2)10-18-21(27)24(22(28)34-18)11-13-4-6-15(7-5-13)25(29)30/h4-10H,3,11-12H2,1-2H3/b18-10-. The normalized spacial score (nSPS) is 14.4. The van der Waals surface area contributed by atoms with E-state index in [4.69, 9.17) is 9.47 Å². The van der Waals surface area contributed by atoms with Crippen LogP contribution in [0.25, 0.3) is 6.08 Å². The summed E-state index contributed by atoms with van der Waals surface area (Å²) in [6.07, 6.45) is 1.58. The second-order valence-corrected chi connectivity index (χ2v) is 8.97. The predicted octanol–water partition coefficient (Wildman–Crippen LogP) is 4.39. The number of rotatable bonds is 9. The van der Waals surface area contributed by atoms with Crippen LogP contribution >= 0.6 is 34.4 Å². The van der Waals surface area contributed by atoms with Crippen molar-refractivity contribution in [1.29, 1.82) is 0 Å². The van der Waals surface area contributed by atoms with Crippen molar-refractivity contribution in [3.8, 4) is 11.5 Å². The van der Waals surface area contributed by atoms with Crippen molar-refractivity contribution in [3.63, 3.8) is 0 Å². The minimum Gasteiger partial charge on any atom is -0.490 e. The monoisotopic (exact) mass is 598 g/mol. The van der Waals surface area contributed by atoms with Gasteiger partial charge in [0.25, 0.3) is 16.8 Å². The third-order valence-corrected chi connectivity index (χ3v) is 6.26. The number of carbonyl (C=O) groups excluding carboxylic acids is 3. The number of non-ortho nitro benzene ring substituents is 1. The molecule has 1 fully saturated rings. The fraction of sp³-hybridized carbons (Fsp3) is 0.227. The molecule has 12 heteroatoms. The lowest BCUT2D eigenvalue weighted by atomic mass is 10.1. The predicted molar refractivity (Wildman–Crippen MR) is 132 cm³/mol. The first-order valence-corrected chi connectivity index (χ1v) is 11.8. The Morgan fingerprint density at radius 1 is 1.21 bits per heavy atom. The molecule has 0 bridgehead atoms. The lowest BCUT2D eigenvalue weighted by Crippen LogP contribution is -2.27. The first-order valence-electron chi connectivity index (χ1n) is 9.88. The van der Waals surface area contributed by atoms with Crippen LogP contribution in [0.5, 0.6) is 11.5 Å². The van der Waals surface area contributed by atoms with Crippen LogP contribution in [0.4, 0.5) is 10.5 Å². The summed E-state index contributed by atoms with van der Waals surface area (Å²) in [7, 11) is 1.26. The van der Waals surface area contributed by atoms with E-state index in [2.05, 4.69) is 4.74 Å². The Bertz CT molecular complexity index is 1170. The molecule has 0 spiro atoms. The summed E-state index contributed by atoms with van der Waals surface area (Å²) >= 11 is 2.83. The van der Waals surface area contributed by atoms with E-state index in [-0.39, 0.29) is 23.7 Å². The van der Waals surface area contributed by atoms with Gasteiger partial charge in [-0.3, -0.25) is 24.6 Å². The number of methoxy groups -OCH3 is 1. The van der Waals surface area contributed by atoms with Crippen molar-refractivity contribution in [1.82, 2.24) is 4.90 Å². The van der Waals surface area contributed by atoms with Crippen LogP contribution in [0, 0.1) is 13.7 Å². The summed E-state index contributed by atoms with van der Waals surface area (Å²) in [6, 6.07) is 9.06. The molecule has 1 aliphatic rings.